The van der Waals surface area contributed by atoms with Gasteiger partial charge in [0.2, 0.25) is 0 Å². The Labute approximate surface area is 118 Å². The van der Waals surface area contributed by atoms with Gasteiger partial charge in [0.15, 0.2) is 0 Å². The van der Waals surface area contributed by atoms with E-state index in [-0.39, 0.29) is 0 Å². The molecule has 0 N–H and O–H groups in total. The normalized spacial score (nSPS) is 19.2. The van der Waals surface area contributed by atoms with Gasteiger partial charge >= 0.3 is 0 Å². The van der Waals surface area contributed by atoms with Crippen LogP contribution in [0.25, 0.3) is 0 Å². The molecular formula is C16H18OSSi. The topological polar surface area (TPSA) is 17.1 Å². The van der Waals surface area contributed by atoms with Crippen molar-refractivity contribution >= 4 is 29.2 Å². The van der Waals surface area contributed by atoms with E-state index in [1.54, 1.807) is 0 Å². The van der Waals surface area contributed by atoms with Gasteiger partial charge < -0.3 is 0 Å². The van der Waals surface area contributed by atoms with Crippen molar-refractivity contribution in [1.82, 2.24) is 0 Å². The number of rotatable bonds is 2. The van der Waals surface area contributed by atoms with Crippen molar-refractivity contribution < 1.29 is 4.21 Å². The molecule has 1 aliphatic rings. The Balaban J connectivity index is 2.09. The zero-order chi connectivity index (χ0) is 13.1. The second kappa shape index (κ2) is 5.43. The van der Waals surface area contributed by atoms with Gasteiger partial charge in [0.1, 0.15) is 8.07 Å². The minimum Gasteiger partial charge on any atom is -0.260 e. The molecule has 1 saturated heterocycles. The Morgan fingerprint density at radius 2 is 1.16 bits per heavy atom. The molecule has 3 rings (SSSR count). The molecule has 0 bridgehead atoms. The predicted molar refractivity (Wildman–Crippen MR) is 85.4 cm³/mol. The maximum atomic E-state index is 11.7. The lowest BCUT2D eigenvalue weighted by molar-refractivity contribution is 0.683. The van der Waals surface area contributed by atoms with E-state index in [2.05, 4.69) is 60.7 Å². The van der Waals surface area contributed by atoms with Crippen molar-refractivity contribution in [3.63, 3.8) is 0 Å². The highest BCUT2D eigenvalue weighted by molar-refractivity contribution is 7.85. The van der Waals surface area contributed by atoms with Gasteiger partial charge in [-0.1, -0.05) is 71.0 Å². The molecule has 1 aliphatic heterocycles. The van der Waals surface area contributed by atoms with Crippen LogP contribution in [0.4, 0.5) is 0 Å². The molecule has 1 fully saturated rings. The summed E-state index contributed by atoms with van der Waals surface area (Å²) in [6, 6.07) is 24.0. The van der Waals surface area contributed by atoms with Crippen LogP contribution < -0.4 is 10.4 Å². The molecule has 98 valence electrons. The molecule has 3 heteroatoms. The van der Waals surface area contributed by atoms with Crippen LogP contribution in [0.2, 0.25) is 12.1 Å². The molecule has 1 heterocycles. The van der Waals surface area contributed by atoms with Crippen LogP contribution >= 0.6 is 0 Å². The molecule has 0 radical (unpaired) electrons. The van der Waals surface area contributed by atoms with E-state index in [1.165, 1.54) is 10.4 Å². The molecule has 0 saturated carbocycles. The smallest absolute Gasteiger partial charge is 0.119 e. The Kier molecular flexibility index (Phi) is 3.66. The Morgan fingerprint density at radius 1 is 0.737 bits per heavy atom. The summed E-state index contributed by atoms with van der Waals surface area (Å²) in [5.41, 5.74) is 0. The monoisotopic (exact) mass is 286 g/mol. The fourth-order valence-electron chi connectivity index (χ4n) is 3.06. The second-order valence-corrected chi connectivity index (χ2v) is 11.2. The first-order valence-corrected chi connectivity index (χ1v) is 10.7. The largest absolute Gasteiger partial charge is 0.260 e. The summed E-state index contributed by atoms with van der Waals surface area (Å²) in [4.78, 5) is 0. The van der Waals surface area contributed by atoms with Crippen LogP contribution in [-0.4, -0.2) is 23.8 Å². The first-order chi connectivity index (χ1) is 9.31. The van der Waals surface area contributed by atoms with E-state index in [0.717, 1.165) is 23.6 Å². The van der Waals surface area contributed by atoms with Gasteiger partial charge in [0.05, 0.1) is 0 Å². The van der Waals surface area contributed by atoms with E-state index >= 15 is 0 Å². The van der Waals surface area contributed by atoms with E-state index in [1.807, 2.05) is 0 Å². The van der Waals surface area contributed by atoms with Gasteiger partial charge in [-0.2, -0.15) is 0 Å². The average molecular weight is 286 g/mol. The minimum absolute atomic E-state index is 0.600. The summed E-state index contributed by atoms with van der Waals surface area (Å²) in [5.74, 6) is 1.74. The van der Waals surface area contributed by atoms with Crippen LogP contribution in [0.3, 0.4) is 0 Å². The van der Waals surface area contributed by atoms with Crippen molar-refractivity contribution in [1.29, 1.82) is 0 Å². The number of hydrogen-bond donors (Lipinski definition) is 0. The van der Waals surface area contributed by atoms with Gasteiger partial charge in [-0.05, 0) is 12.1 Å². The molecule has 2 aromatic rings. The summed E-state index contributed by atoms with van der Waals surface area (Å²) < 4.78 is 11.7. The first kappa shape index (κ1) is 12.8. The number of benzene rings is 2. The fraction of sp³-hybridized carbons (Fsp3) is 0.250. The molecule has 0 aromatic heterocycles. The molecule has 0 amide bonds. The van der Waals surface area contributed by atoms with Crippen LogP contribution in [-0.2, 0) is 10.8 Å². The van der Waals surface area contributed by atoms with Gasteiger partial charge in [0.25, 0.3) is 0 Å². The lowest BCUT2D eigenvalue weighted by Gasteiger charge is -2.36. The quantitative estimate of drug-likeness (QED) is 0.772. The lowest BCUT2D eigenvalue weighted by Crippen LogP contribution is -2.61. The fourth-order valence-corrected chi connectivity index (χ4v) is 11.3. The lowest BCUT2D eigenvalue weighted by atomic mass is 10.4. The zero-order valence-corrected chi connectivity index (χ0v) is 12.7. The highest BCUT2D eigenvalue weighted by Crippen LogP contribution is 2.22. The van der Waals surface area contributed by atoms with E-state index < -0.39 is 18.9 Å². The zero-order valence-electron chi connectivity index (χ0n) is 10.9. The first-order valence-electron chi connectivity index (χ1n) is 6.77. The van der Waals surface area contributed by atoms with Gasteiger partial charge in [-0.25, -0.2) is 0 Å². The minimum atomic E-state index is -1.67. The molecule has 0 unspecified atom stereocenters. The van der Waals surface area contributed by atoms with Crippen molar-refractivity contribution in [3.8, 4) is 0 Å². The molecule has 19 heavy (non-hydrogen) atoms. The van der Waals surface area contributed by atoms with E-state index in [0.29, 0.717) is 0 Å². The third kappa shape index (κ3) is 2.45. The summed E-state index contributed by atoms with van der Waals surface area (Å²) in [6.45, 7) is 0. The van der Waals surface area contributed by atoms with Crippen LogP contribution in [0.15, 0.2) is 60.7 Å². The maximum Gasteiger partial charge on any atom is 0.119 e. The van der Waals surface area contributed by atoms with Crippen LogP contribution in [0, 0.1) is 0 Å². The Bertz CT molecular complexity index is 516. The Morgan fingerprint density at radius 3 is 1.58 bits per heavy atom. The third-order valence-corrected chi connectivity index (χ3v) is 11.3. The molecular weight excluding hydrogens is 268 g/mol. The van der Waals surface area contributed by atoms with Crippen molar-refractivity contribution in [3.05, 3.63) is 60.7 Å². The third-order valence-electron chi connectivity index (χ3n) is 4.17. The van der Waals surface area contributed by atoms with Crippen molar-refractivity contribution in [2.45, 2.75) is 12.1 Å². The van der Waals surface area contributed by atoms with Crippen molar-refractivity contribution in [2.75, 3.05) is 11.5 Å². The van der Waals surface area contributed by atoms with E-state index in [4.69, 9.17) is 0 Å². The van der Waals surface area contributed by atoms with Crippen molar-refractivity contribution in [2.24, 2.45) is 0 Å². The molecule has 1 nitrogen and oxygen atoms in total. The van der Waals surface area contributed by atoms with Crippen LogP contribution in [0.1, 0.15) is 0 Å². The summed E-state index contributed by atoms with van der Waals surface area (Å²) in [6.07, 6.45) is 0. The van der Waals surface area contributed by atoms with Gasteiger partial charge in [0, 0.05) is 22.3 Å². The van der Waals surface area contributed by atoms with Gasteiger partial charge in [-0.15, -0.1) is 0 Å². The molecule has 0 aliphatic carbocycles. The predicted octanol–water partition coefficient (Wildman–Crippen LogP) is 2.01. The number of hydrogen-bond acceptors (Lipinski definition) is 1. The van der Waals surface area contributed by atoms with E-state index in [9.17, 15) is 4.21 Å². The summed E-state index contributed by atoms with van der Waals surface area (Å²) in [7, 11) is -2.27. The average Bonchev–Trinajstić information content (AvgIpc) is 2.50. The SMILES string of the molecule is O=S1CC[Si](c2ccccc2)(c2ccccc2)CC1. The molecule has 2 aromatic carbocycles. The molecule has 0 atom stereocenters. The highest BCUT2D eigenvalue weighted by atomic mass is 32.2. The van der Waals surface area contributed by atoms with Crippen LogP contribution in [0.5, 0.6) is 0 Å². The molecule has 0 spiro atoms. The van der Waals surface area contributed by atoms with Gasteiger partial charge in [-0.3, -0.25) is 4.21 Å². The second-order valence-electron chi connectivity index (χ2n) is 5.16. The Hall–Kier alpha value is -1.19. The maximum absolute atomic E-state index is 11.7. The summed E-state index contributed by atoms with van der Waals surface area (Å²) >= 11 is 0. The highest BCUT2D eigenvalue weighted by Gasteiger charge is 2.39. The summed E-state index contributed by atoms with van der Waals surface area (Å²) in [5, 5.41) is 3.00. The standard InChI is InChI=1S/C16H18OSSi/c17-18-11-13-19(14-12-18,15-7-3-1-4-8-15)16-9-5-2-6-10-16/h1-10H,11-14H2.